The molecule has 0 fully saturated rings. The van der Waals surface area contributed by atoms with Crippen molar-refractivity contribution in [2.24, 2.45) is 5.92 Å². The van der Waals surface area contributed by atoms with Crippen molar-refractivity contribution >= 4 is 17.2 Å². The van der Waals surface area contributed by atoms with E-state index in [-0.39, 0.29) is 18.6 Å². The van der Waals surface area contributed by atoms with E-state index >= 15 is 0 Å². The SMILES string of the molecule is CC(C)[C@@H](NC(=O)COc1ccc(C#N)cc1)c1cccs1. The molecule has 0 spiro atoms. The van der Waals surface area contributed by atoms with Gasteiger partial charge in [0.2, 0.25) is 0 Å². The van der Waals surface area contributed by atoms with Gasteiger partial charge >= 0.3 is 0 Å². The quantitative estimate of drug-likeness (QED) is 0.887. The van der Waals surface area contributed by atoms with E-state index in [2.05, 4.69) is 19.2 Å². The molecule has 4 nitrogen and oxygen atoms in total. The molecule has 0 aliphatic rings. The van der Waals surface area contributed by atoms with Crippen LogP contribution in [0.5, 0.6) is 5.75 Å². The van der Waals surface area contributed by atoms with Gasteiger partial charge in [-0.1, -0.05) is 19.9 Å². The Morgan fingerprint density at radius 1 is 1.32 bits per heavy atom. The maximum atomic E-state index is 12.1. The minimum absolute atomic E-state index is 0.00272. The number of nitrogens with zero attached hydrogens (tertiary/aromatic N) is 1. The molecule has 0 saturated heterocycles. The standard InChI is InChI=1S/C17H18N2O2S/c1-12(2)17(15-4-3-9-22-15)19-16(20)11-21-14-7-5-13(10-18)6-8-14/h3-9,12,17H,11H2,1-2H3,(H,19,20)/t17-/m1/s1. The number of rotatable bonds is 6. The highest BCUT2D eigenvalue weighted by molar-refractivity contribution is 7.10. The summed E-state index contributed by atoms with van der Waals surface area (Å²) in [6, 6.07) is 12.7. The van der Waals surface area contributed by atoms with Crippen LogP contribution in [0.15, 0.2) is 41.8 Å². The zero-order chi connectivity index (χ0) is 15.9. The van der Waals surface area contributed by atoms with E-state index in [4.69, 9.17) is 10.00 Å². The molecule has 1 atom stereocenters. The number of hydrogen-bond acceptors (Lipinski definition) is 4. The molecule has 0 aliphatic heterocycles. The summed E-state index contributed by atoms with van der Waals surface area (Å²) >= 11 is 1.63. The number of hydrogen-bond donors (Lipinski definition) is 1. The second-order valence-corrected chi connectivity index (χ2v) is 6.21. The zero-order valence-electron chi connectivity index (χ0n) is 12.6. The molecule has 1 N–H and O–H groups in total. The van der Waals surface area contributed by atoms with Crippen LogP contribution in [0.4, 0.5) is 0 Å². The minimum atomic E-state index is -0.156. The van der Waals surface area contributed by atoms with Crippen LogP contribution in [0.25, 0.3) is 0 Å². The largest absolute Gasteiger partial charge is 0.484 e. The Balaban J connectivity index is 1.90. The summed E-state index contributed by atoms with van der Waals surface area (Å²) in [5.74, 6) is 0.723. The number of nitriles is 1. The molecule has 114 valence electrons. The van der Waals surface area contributed by atoms with Crippen LogP contribution >= 0.6 is 11.3 Å². The number of carbonyl (C=O) groups is 1. The highest BCUT2D eigenvalue weighted by Crippen LogP contribution is 2.25. The predicted octanol–water partition coefficient (Wildman–Crippen LogP) is 3.51. The van der Waals surface area contributed by atoms with Gasteiger partial charge in [-0.05, 0) is 41.6 Å². The Morgan fingerprint density at radius 2 is 2.05 bits per heavy atom. The average Bonchev–Trinajstić information content (AvgIpc) is 3.04. The smallest absolute Gasteiger partial charge is 0.258 e. The van der Waals surface area contributed by atoms with Crippen molar-refractivity contribution in [1.82, 2.24) is 5.32 Å². The predicted molar refractivity (Wildman–Crippen MR) is 86.7 cm³/mol. The molecule has 1 heterocycles. The molecule has 0 bridgehead atoms. The molecule has 2 rings (SSSR count). The van der Waals surface area contributed by atoms with Gasteiger partial charge in [0.1, 0.15) is 5.75 Å². The monoisotopic (exact) mass is 314 g/mol. The second kappa shape index (κ2) is 7.62. The number of amides is 1. The molecule has 0 unspecified atom stereocenters. The van der Waals surface area contributed by atoms with Crippen LogP contribution in [0, 0.1) is 17.2 Å². The van der Waals surface area contributed by atoms with Gasteiger partial charge in [-0.25, -0.2) is 0 Å². The van der Waals surface area contributed by atoms with Gasteiger partial charge in [-0.15, -0.1) is 11.3 Å². The van der Waals surface area contributed by atoms with Gasteiger partial charge in [0.05, 0.1) is 17.7 Å². The number of thiophene rings is 1. The zero-order valence-corrected chi connectivity index (χ0v) is 13.4. The molecule has 0 aliphatic carbocycles. The van der Waals surface area contributed by atoms with Crippen molar-refractivity contribution < 1.29 is 9.53 Å². The van der Waals surface area contributed by atoms with Gasteiger partial charge in [-0.2, -0.15) is 5.26 Å². The fraction of sp³-hybridized carbons (Fsp3) is 0.294. The van der Waals surface area contributed by atoms with Crippen LogP contribution in [0.2, 0.25) is 0 Å². The summed E-state index contributed by atoms with van der Waals surface area (Å²) in [7, 11) is 0. The third-order valence-corrected chi connectivity index (χ3v) is 4.14. The second-order valence-electron chi connectivity index (χ2n) is 5.23. The molecule has 5 heteroatoms. The van der Waals surface area contributed by atoms with Crippen molar-refractivity contribution in [3.8, 4) is 11.8 Å². The van der Waals surface area contributed by atoms with Crippen molar-refractivity contribution in [2.75, 3.05) is 6.61 Å². The molecule has 22 heavy (non-hydrogen) atoms. The van der Waals surface area contributed by atoms with Gasteiger partial charge in [-0.3, -0.25) is 4.79 Å². The lowest BCUT2D eigenvalue weighted by molar-refractivity contribution is -0.124. The summed E-state index contributed by atoms with van der Waals surface area (Å²) in [5.41, 5.74) is 0.564. The molecule has 1 amide bonds. The third kappa shape index (κ3) is 4.34. The van der Waals surface area contributed by atoms with Crippen molar-refractivity contribution in [1.29, 1.82) is 5.26 Å². The molecular weight excluding hydrogens is 296 g/mol. The Morgan fingerprint density at radius 3 is 2.59 bits per heavy atom. The molecule has 1 aromatic heterocycles. The Labute approximate surface area is 134 Å². The van der Waals surface area contributed by atoms with Gasteiger partial charge in [0, 0.05) is 4.88 Å². The Hall–Kier alpha value is -2.32. The summed E-state index contributed by atoms with van der Waals surface area (Å²) < 4.78 is 5.45. The topological polar surface area (TPSA) is 62.1 Å². The average molecular weight is 314 g/mol. The lowest BCUT2D eigenvalue weighted by Crippen LogP contribution is -2.34. The van der Waals surface area contributed by atoms with E-state index in [1.807, 2.05) is 23.6 Å². The van der Waals surface area contributed by atoms with Crippen LogP contribution in [-0.2, 0) is 4.79 Å². The lowest BCUT2D eigenvalue weighted by atomic mass is 10.0. The van der Waals surface area contributed by atoms with Crippen LogP contribution < -0.4 is 10.1 Å². The first-order chi connectivity index (χ1) is 10.6. The summed E-state index contributed by atoms with van der Waals surface area (Å²) in [5, 5.41) is 13.7. The maximum Gasteiger partial charge on any atom is 0.258 e. The van der Waals surface area contributed by atoms with Crippen molar-refractivity contribution in [3.63, 3.8) is 0 Å². The molecular formula is C17H18N2O2S. The number of ether oxygens (including phenoxy) is 1. The fourth-order valence-corrected chi connectivity index (χ4v) is 2.97. The Bertz CT molecular complexity index is 642. The van der Waals surface area contributed by atoms with Crippen molar-refractivity contribution in [3.05, 3.63) is 52.2 Å². The molecule has 1 aromatic carbocycles. The van der Waals surface area contributed by atoms with E-state index < -0.39 is 0 Å². The van der Waals surface area contributed by atoms with Gasteiger partial charge < -0.3 is 10.1 Å². The van der Waals surface area contributed by atoms with Crippen molar-refractivity contribution in [2.45, 2.75) is 19.9 Å². The normalized spacial score (nSPS) is 11.7. The maximum absolute atomic E-state index is 12.1. The van der Waals surface area contributed by atoms with Gasteiger partial charge in [0.15, 0.2) is 6.61 Å². The van der Waals surface area contributed by atoms with E-state index in [0.29, 0.717) is 17.2 Å². The van der Waals surface area contributed by atoms with Crippen LogP contribution in [-0.4, -0.2) is 12.5 Å². The van der Waals surface area contributed by atoms with Crippen LogP contribution in [0.3, 0.4) is 0 Å². The fourth-order valence-electron chi connectivity index (χ4n) is 2.02. The Kier molecular flexibility index (Phi) is 5.56. The van der Waals surface area contributed by atoms with E-state index in [1.165, 1.54) is 0 Å². The molecule has 2 aromatic rings. The first-order valence-corrected chi connectivity index (χ1v) is 7.94. The van der Waals surface area contributed by atoms with E-state index in [9.17, 15) is 4.79 Å². The number of carbonyl (C=O) groups excluding carboxylic acids is 1. The van der Waals surface area contributed by atoms with E-state index in [1.54, 1.807) is 35.6 Å². The first-order valence-electron chi connectivity index (χ1n) is 7.06. The number of nitrogens with one attached hydrogen (secondary N) is 1. The summed E-state index contributed by atoms with van der Waals surface area (Å²) in [6.07, 6.45) is 0. The third-order valence-electron chi connectivity index (χ3n) is 3.19. The highest BCUT2D eigenvalue weighted by Gasteiger charge is 2.19. The summed E-state index contributed by atoms with van der Waals surface area (Å²) in [4.78, 5) is 13.2. The van der Waals surface area contributed by atoms with Crippen LogP contribution in [0.1, 0.15) is 30.3 Å². The molecule has 0 saturated carbocycles. The first kappa shape index (κ1) is 16.1. The lowest BCUT2D eigenvalue weighted by Gasteiger charge is -2.21. The molecule has 0 radical (unpaired) electrons. The van der Waals surface area contributed by atoms with Gasteiger partial charge in [0.25, 0.3) is 5.91 Å². The highest BCUT2D eigenvalue weighted by atomic mass is 32.1. The minimum Gasteiger partial charge on any atom is -0.484 e. The number of benzene rings is 1. The van der Waals surface area contributed by atoms with E-state index in [0.717, 1.165) is 4.88 Å². The summed E-state index contributed by atoms with van der Waals surface area (Å²) in [6.45, 7) is 4.11.